The first-order valence-electron chi connectivity index (χ1n) is 9.17. The zero-order valence-electron chi connectivity index (χ0n) is 15.3. The van der Waals surface area contributed by atoms with Gasteiger partial charge in [0.2, 0.25) is 0 Å². The van der Waals surface area contributed by atoms with Gasteiger partial charge >= 0.3 is 0 Å². The van der Waals surface area contributed by atoms with Crippen LogP contribution in [0.15, 0.2) is 35.3 Å². The van der Waals surface area contributed by atoms with Gasteiger partial charge in [0.25, 0.3) is 0 Å². The van der Waals surface area contributed by atoms with E-state index in [9.17, 15) is 5.11 Å². The Hall–Kier alpha value is -1.24. The lowest BCUT2D eigenvalue weighted by atomic mass is 10.1. The standard InChI is InChI=1S/C19H31N3O2S/c1-3-20-19(22-13-18-10-7-11-25-18)21-12-17(23)14-24-15(2)16-8-5-4-6-9-16/h4-6,8-9,15,17-18,23H,3,7,10-14H2,1-2H3,(H2,20,21,22). The summed E-state index contributed by atoms with van der Waals surface area (Å²) < 4.78 is 5.76. The van der Waals surface area contributed by atoms with Gasteiger partial charge in [-0.25, -0.2) is 0 Å². The number of aliphatic hydroxyl groups excluding tert-OH is 1. The first-order valence-corrected chi connectivity index (χ1v) is 10.2. The fraction of sp³-hybridized carbons (Fsp3) is 0.632. The number of nitrogens with one attached hydrogen (secondary N) is 2. The van der Waals surface area contributed by atoms with Crippen molar-refractivity contribution in [1.29, 1.82) is 0 Å². The Labute approximate surface area is 155 Å². The van der Waals surface area contributed by atoms with E-state index in [1.54, 1.807) is 0 Å². The Balaban J connectivity index is 1.72. The summed E-state index contributed by atoms with van der Waals surface area (Å²) in [5.41, 5.74) is 1.11. The molecule has 0 bridgehead atoms. The molecule has 2 rings (SSSR count). The molecular weight excluding hydrogens is 334 g/mol. The van der Waals surface area contributed by atoms with E-state index in [1.165, 1.54) is 18.6 Å². The molecule has 1 aliphatic rings. The number of thioether (sulfide) groups is 1. The van der Waals surface area contributed by atoms with Gasteiger partial charge in [-0.15, -0.1) is 0 Å². The van der Waals surface area contributed by atoms with Gasteiger partial charge in [-0.1, -0.05) is 30.3 Å². The molecule has 140 valence electrons. The number of benzene rings is 1. The number of aliphatic hydroxyl groups is 1. The maximum atomic E-state index is 10.2. The summed E-state index contributed by atoms with van der Waals surface area (Å²) in [6.07, 6.45) is 1.93. The van der Waals surface area contributed by atoms with Gasteiger partial charge in [0.15, 0.2) is 5.96 Å². The Bertz CT molecular complexity index is 507. The smallest absolute Gasteiger partial charge is 0.191 e. The van der Waals surface area contributed by atoms with E-state index in [0.29, 0.717) is 11.8 Å². The van der Waals surface area contributed by atoms with Crippen molar-refractivity contribution in [2.75, 3.05) is 32.0 Å². The van der Waals surface area contributed by atoms with E-state index in [2.05, 4.69) is 15.6 Å². The van der Waals surface area contributed by atoms with Crippen LogP contribution in [0.4, 0.5) is 0 Å². The molecule has 1 aliphatic heterocycles. The number of rotatable bonds is 9. The summed E-state index contributed by atoms with van der Waals surface area (Å²) in [7, 11) is 0. The number of aliphatic imine (C=N–C) groups is 1. The van der Waals surface area contributed by atoms with Crippen molar-refractivity contribution in [2.24, 2.45) is 4.99 Å². The van der Waals surface area contributed by atoms with Gasteiger partial charge in [0, 0.05) is 18.3 Å². The lowest BCUT2D eigenvalue weighted by Gasteiger charge is -2.17. The van der Waals surface area contributed by atoms with Crippen molar-refractivity contribution in [3.05, 3.63) is 35.9 Å². The topological polar surface area (TPSA) is 65.9 Å². The van der Waals surface area contributed by atoms with Gasteiger partial charge < -0.3 is 20.5 Å². The Morgan fingerprint density at radius 3 is 2.84 bits per heavy atom. The summed E-state index contributed by atoms with van der Waals surface area (Å²) in [6.45, 7) is 6.38. The number of guanidine groups is 1. The quantitative estimate of drug-likeness (QED) is 0.464. The van der Waals surface area contributed by atoms with Gasteiger partial charge in [-0.2, -0.15) is 11.8 Å². The van der Waals surface area contributed by atoms with Crippen molar-refractivity contribution in [1.82, 2.24) is 10.6 Å². The fourth-order valence-corrected chi connectivity index (χ4v) is 3.88. The minimum absolute atomic E-state index is 0.0365. The molecule has 0 spiro atoms. The summed E-state index contributed by atoms with van der Waals surface area (Å²) >= 11 is 2.02. The zero-order chi connectivity index (χ0) is 17.9. The average molecular weight is 366 g/mol. The van der Waals surface area contributed by atoms with Crippen molar-refractivity contribution in [3.8, 4) is 0 Å². The zero-order valence-corrected chi connectivity index (χ0v) is 16.1. The second-order valence-electron chi connectivity index (χ2n) is 6.28. The van der Waals surface area contributed by atoms with Crippen LogP contribution < -0.4 is 10.6 Å². The largest absolute Gasteiger partial charge is 0.389 e. The molecule has 0 radical (unpaired) electrons. The summed E-state index contributed by atoms with van der Waals surface area (Å²) in [4.78, 5) is 4.48. The van der Waals surface area contributed by atoms with Crippen LogP contribution in [0.1, 0.15) is 38.4 Å². The highest BCUT2D eigenvalue weighted by atomic mass is 32.2. The lowest BCUT2D eigenvalue weighted by Crippen LogP contribution is -2.40. The number of ether oxygens (including phenoxy) is 1. The Morgan fingerprint density at radius 2 is 2.16 bits per heavy atom. The van der Waals surface area contributed by atoms with E-state index >= 15 is 0 Å². The SMILES string of the molecule is CCNC(=NCC(O)COC(C)c1ccccc1)NCC1CCCS1. The molecule has 1 aromatic carbocycles. The van der Waals surface area contributed by atoms with Crippen LogP contribution >= 0.6 is 11.8 Å². The van der Waals surface area contributed by atoms with Crippen molar-refractivity contribution >= 4 is 17.7 Å². The molecule has 3 atom stereocenters. The highest BCUT2D eigenvalue weighted by Gasteiger charge is 2.16. The van der Waals surface area contributed by atoms with Crippen LogP contribution in [0.2, 0.25) is 0 Å². The molecule has 1 heterocycles. The molecule has 3 N–H and O–H groups in total. The van der Waals surface area contributed by atoms with E-state index in [-0.39, 0.29) is 12.7 Å². The van der Waals surface area contributed by atoms with Gasteiger partial charge in [0.05, 0.1) is 25.4 Å². The molecule has 6 heteroatoms. The van der Waals surface area contributed by atoms with Crippen LogP contribution in [-0.2, 0) is 4.74 Å². The Morgan fingerprint density at radius 1 is 1.36 bits per heavy atom. The highest BCUT2D eigenvalue weighted by Crippen LogP contribution is 2.25. The van der Waals surface area contributed by atoms with Crippen LogP contribution in [-0.4, -0.2) is 54.4 Å². The van der Waals surface area contributed by atoms with E-state index in [0.717, 1.165) is 24.6 Å². The summed E-state index contributed by atoms with van der Waals surface area (Å²) in [5, 5.41) is 17.4. The molecule has 0 saturated carbocycles. The minimum Gasteiger partial charge on any atom is -0.389 e. The van der Waals surface area contributed by atoms with E-state index in [1.807, 2.05) is 55.9 Å². The lowest BCUT2D eigenvalue weighted by molar-refractivity contribution is 0.00111. The van der Waals surface area contributed by atoms with Crippen molar-refractivity contribution < 1.29 is 9.84 Å². The number of hydrogen-bond acceptors (Lipinski definition) is 4. The molecule has 3 unspecified atom stereocenters. The van der Waals surface area contributed by atoms with E-state index in [4.69, 9.17) is 4.74 Å². The van der Waals surface area contributed by atoms with E-state index < -0.39 is 6.10 Å². The second-order valence-corrected chi connectivity index (χ2v) is 7.68. The molecule has 0 amide bonds. The fourth-order valence-electron chi connectivity index (χ4n) is 2.68. The second kappa shape index (κ2) is 11.4. The van der Waals surface area contributed by atoms with Gasteiger partial charge in [0.1, 0.15) is 0 Å². The molecule has 1 fully saturated rings. The third kappa shape index (κ3) is 7.67. The molecule has 5 nitrogen and oxygen atoms in total. The first-order chi connectivity index (χ1) is 12.2. The monoisotopic (exact) mass is 365 g/mol. The minimum atomic E-state index is -0.609. The van der Waals surface area contributed by atoms with Crippen LogP contribution in [0.5, 0.6) is 0 Å². The third-order valence-electron chi connectivity index (χ3n) is 4.13. The van der Waals surface area contributed by atoms with Crippen molar-refractivity contribution in [3.63, 3.8) is 0 Å². The number of hydrogen-bond donors (Lipinski definition) is 3. The molecule has 25 heavy (non-hydrogen) atoms. The van der Waals surface area contributed by atoms with Gasteiger partial charge in [-0.05, 0) is 38.0 Å². The molecular formula is C19H31N3O2S. The maximum absolute atomic E-state index is 10.2. The maximum Gasteiger partial charge on any atom is 0.191 e. The number of nitrogens with zero attached hydrogens (tertiary/aromatic N) is 1. The van der Waals surface area contributed by atoms with Crippen LogP contribution in [0.3, 0.4) is 0 Å². The van der Waals surface area contributed by atoms with Crippen LogP contribution in [0, 0.1) is 0 Å². The van der Waals surface area contributed by atoms with Gasteiger partial charge in [-0.3, -0.25) is 4.99 Å². The molecule has 1 aromatic rings. The Kier molecular flexibility index (Phi) is 9.15. The van der Waals surface area contributed by atoms with Crippen molar-refractivity contribution in [2.45, 2.75) is 44.1 Å². The third-order valence-corrected chi connectivity index (χ3v) is 5.53. The predicted octanol–water partition coefficient (Wildman–Crippen LogP) is 2.58. The molecule has 0 aliphatic carbocycles. The summed E-state index contributed by atoms with van der Waals surface area (Å²) in [6, 6.07) is 10.0. The average Bonchev–Trinajstić information content (AvgIpc) is 3.16. The first kappa shape index (κ1) is 20.1. The molecule has 1 saturated heterocycles. The normalized spacial score (nSPS) is 20.3. The molecule has 0 aromatic heterocycles. The highest BCUT2D eigenvalue weighted by molar-refractivity contribution is 8.00. The summed E-state index contributed by atoms with van der Waals surface area (Å²) in [5.74, 6) is 2.03. The van der Waals surface area contributed by atoms with Crippen LogP contribution in [0.25, 0.3) is 0 Å². The predicted molar refractivity (Wildman–Crippen MR) is 106 cm³/mol.